The summed E-state index contributed by atoms with van der Waals surface area (Å²) in [6.45, 7) is -0.0478. The van der Waals surface area contributed by atoms with Gasteiger partial charge >= 0.3 is 11.9 Å². The van der Waals surface area contributed by atoms with Crippen LogP contribution in [0.5, 0.6) is 5.75 Å². The number of nitrogens with two attached hydrogens (primary N) is 1. The molecule has 0 aliphatic rings. The Hall–Kier alpha value is -5.43. The van der Waals surface area contributed by atoms with Gasteiger partial charge in [-0.2, -0.15) is 0 Å². The molecule has 1 aromatic heterocycles. The van der Waals surface area contributed by atoms with Crippen molar-refractivity contribution < 1.29 is 29.0 Å². The summed E-state index contributed by atoms with van der Waals surface area (Å²) in [6, 6.07) is 17.6. The first kappa shape index (κ1) is 28.6. The molecule has 12 nitrogen and oxygen atoms in total. The highest BCUT2D eigenvalue weighted by atomic mass is 32.1. The lowest BCUT2D eigenvalue weighted by molar-refractivity contribution is -0.118. The average molecular weight is 574 g/mol. The number of rotatable bonds is 10. The van der Waals surface area contributed by atoms with Gasteiger partial charge in [0.15, 0.2) is 5.96 Å². The molecule has 0 aliphatic heterocycles. The minimum absolute atomic E-state index is 0.0352. The van der Waals surface area contributed by atoms with E-state index < -0.39 is 23.8 Å². The van der Waals surface area contributed by atoms with Crippen LogP contribution in [0.2, 0.25) is 0 Å². The Morgan fingerprint density at radius 1 is 0.976 bits per heavy atom. The van der Waals surface area contributed by atoms with E-state index in [0.29, 0.717) is 38.9 Å². The number of hydrogen-bond donors (Lipinski definition) is 4. The Kier molecular flexibility index (Phi) is 8.79. The number of fused-ring (bicyclic) bond motifs is 1. The fourth-order valence-corrected chi connectivity index (χ4v) is 4.67. The fraction of sp³-hybridized carbons (Fsp3) is 0.107. The molecule has 0 bridgehead atoms. The summed E-state index contributed by atoms with van der Waals surface area (Å²) in [4.78, 5) is 60.7. The van der Waals surface area contributed by atoms with Crippen molar-refractivity contribution in [3.8, 4) is 5.75 Å². The highest BCUT2D eigenvalue weighted by molar-refractivity contribution is 7.12. The lowest BCUT2D eigenvalue weighted by Crippen LogP contribution is -2.32. The lowest BCUT2D eigenvalue weighted by Gasteiger charge is -2.22. The summed E-state index contributed by atoms with van der Waals surface area (Å²) in [5, 5.41) is 24.4. The van der Waals surface area contributed by atoms with E-state index in [1.807, 2.05) is 0 Å². The Morgan fingerprint density at radius 2 is 1.66 bits per heavy atom. The quantitative estimate of drug-likeness (QED) is 0.0697. The summed E-state index contributed by atoms with van der Waals surface area (Å²) in [7, 11) is 0. The van der Waals surface area contributed by atoms with Crippen LogP contribution in [0.1, 0.15) is 42.4 Å². The zero-order chi connectivity index (χ0) is 29.5. The number of hydrogen-bond acceptors (Lipinski definition) is 8. The molecule has 0 fully saturated rings. The number of aromatic carboxylic acids is 1. The predicted octanol–water partition coefficient (Wildman–Crippen LogP) is 4.45. The Bertz CT molecular complexity index is 1670. The van der Waals surface area contributed by atoms with Crippen LogP contribution < -0.4 is 15.8 Å². The zero-order valence-electron chi connectivity index (χ0n) is 21.3. The Morgan fingerprint density at radius 3 is 2.32 bits per heavy atom. The zero-order valence-corrected chi connectivity index (χ0v) is 22.1. The number of carboxylic acids is 1. The molecule has 0 unspecified atom stereocenters. The van der Waals surface area contributed by atoms with Gasteiger partial charge in [0.2, 0.25) is 0 Å². The van der Waals surface area contributed by atoms with Crippen molar-refractivity contribution in [1.29, 1.82) is 5.41 Å². The maximum absolute atomic E-state index is 13.4. The van der Waals surface area contributed by atoms with Gasteiger partial charge in [-0.25, -0.2) is 9.59 Å². The predicted molar refractivity (Wildman–Crippen MR) is 152 cm³/mol. The molecule has 2 amide bonds. The standard InChI is InChI=1S/C28H23N5O7S/c29-28(30)31-21-6-3-17(4-7-21)27(38)40-22-8-5-18-12-20(2-1-19(18)13-22)25(35)33(10-9-24(34)32-39)14-16-11-23(26(36)37)41-15-16/h1-8,11-13,15H,9-10,14H2,(H,36,37)(H4,29,30,31). The van der Waals surface area contributed by atoms with Crippen LogP contribution in [0.25, 0.3) is 10.8 Å². The highest BCUT2D eigenvalue weighted by Gasteiger charge is 2.20. The van der Waals surface area contributed by atoms with Crippen molar-refractivity contribution in [2.24, 2.45) is 10.9 Å². The summed E-state index contributed by atoms with van der Waals surface area (Å²) in [5.74, 6) is -2.92. The topological polar surface area (TPSA) is 192 Å². The van der Waals surface area contributed by atoms with Gasteiger partial charge < -0.3 is 25.8 Å². The Balaban J connectivity index is 1.50. The molecule has 4 rings (SSSR count). The lowest BCUT2D eigenvalue weighted by atomic mass is 10.1. The number of guanidine groups is 1. The minimum atomic E-state index is -1.08. The molecular weight excluding hydrogens is 550 g/mol. The number of carbonyl (C=O) groups excluding carboxylic acids is 3. The number of carboxylic acid groups (broad SMARTS) is 1. The second-order valence-corrected chi connectivity index (χ2v) is 9.73. The molecule has 5 N–H and O–H groups in total. The average Bonchev–Trinajstić information content (AvgIpc) is 3.43. The maximum Gasteiger partial charge on any atom is 0.345 e. The molecule has 208 valence electrons. The molecule has 0 aliphatic carbocycles. The number of carbonyl (C=O) groups is 4. The van der Waals surface area contributed by atoms with Crippen LogP contribution in [-0.4, -0.2) is 46.3 Å². The molecule has 1 heterocycles. The number of nitrogens with zero attached hydrogens (tertiary/aromatic N) is 2. The van der Waals surface area contributed by atoms with Crippen LogP contribution in [0.3, 0.4) is 0 Å². The molecule has 0 spiro atoms. The number of benzene rings is 3. The number of anilines is 1. The van der Waals surface area contributed by atoms with Crippen LogP contribution in [0.4, 0.5) is 5.69 Å². The van der Waals surface area contributed by atoms with Gasteiger partial charge in [0.25, 0.3) is 11.8 Å². The monoisotopic (exact) mass is 573 g/mol. The van der Waals surface area contributed by atoms with Gasteiger partial charge in [0.1, 0.15) is 10.6 Å². The molecular formula is C28H23N5O7S. The van der Waals surface area contributed by atoms with E-state index >= 15 is 0 Å². The van der Waals surface area contributed by atoms with Gasteiger partial charge in [-0.05, 0) is 76.3 Å². The second-order valence-electron chi connectivity index (χ2n) is 8.82. The van der Waals surface area contributed by atoms with Gasteiger partial charge in [-0.15, -0.1) is 16.2 Å². The van der Waals surface area contributed by atoms with Crippen LogP contribution in [0, 0.1) is 10.3 Å². The van der Waals surface area contributed by atoms with Crippen LogP contribution in [0.15, 0.2) is 77.3 Å². The fourth-order valence-electron chi connectivity index (χ4n) is 3.93. The first-order chi connectivity index (χ1) is 19.6. The summed E-state index contributed by atoms with van der Waals surface area (Å²) >= 11 is 1.02. The van der Waals surface area contributed by atoms with Crippen molar-refractivity contribution in [1.82, 2.24) is 4.90 Å². The smallest absolute Gasteiger partial charge is 0.345 e. The van der Waals surface area contributed by atoms with Gasteiger partial charge in [-0.3, -0.25) is 15.0 Å². The van der Waals surface area contributed by atoms with Gasteiger partial charge in [0.05, 0.1) is 5.56 Å². The van der Waals surface area contributed by atoms with E-state index in [1.54, 1.807) is 53.9 Å². The first-order valence-electron chi connectivity index (χ1n) is 12.1. The summed E-state index contributed by atoms with van der Waals surface area (Å²) in [6.07, 6.45) is -0.274. The van der Waals surface area contributed by atoms with Crippen molar-refractivity contribution in [2.45, 2.75) is 13.0 Å². The van der Waals surface area contributed by atoms with E-state index in [-0.39, 0.29) is 30.3 Å². The maximum atomic E-state index is 13.4. The number of nitrogens with one attached hydrogen (secondary N) is 2. The van der Waals surface area contributed by atoms with Gasteiger partial charge in [0, 0.05) is 35.9 Å². The van der Waals surface area contributed by atoms with E-state index in [2.05, 4.69) is 10.5 Å². The number of nitroso groups, excluding NO2 is 1. The normalized spacial score (nSPS) is 10.5. The largest absolute Gasteiger partial charge is 0.477 e. The minimum Gasteiger partial charge on any atom is -0.477 e. The summed E-state index contributed by atoms with van der Waals surface area (Å²) < 4.78 is 5.49. The van der Waals surface area contributed by atoms with E-state index in [0.717, 1.165) is 11.3 Å². The number of esters is 1. The van der Waals surface area contributed by atoms with E-state index in [9.17, 15) is 29.2 Å². The number of ether oxygens (including phenoxy) is 1. The van der Waals surface area contributed by atoms with Gasteiger partial charge in [-0.1, -0.05) is 12.1 Å². The van der Waals surface area contributed by atoms with E-state index in [1.165, 1.54) is 23.1 Å². The third kappa shape index (κ3) is 7.36. The number of thiophene rings is 1. The number of amides is 2. The molecule has 0 saturated carbocycles. The molecule has 4 aromatic rings. The third-order valence-corrected chi connectivity index (χ3v) is 6.86. The first-order valence-corrected chi connectivity index (χ1v) is 12.9. The van der Waals surface area contributed by atoms with Crippen molar-refractivity contribution in [3.63, 3.8) is 0 Å². The van der Waals surface area contributed by atoms with E-state index in [4.69, 9.17) is 15.9 Å². The highest BCUT2D eigenvalue weighted by Crippen LogP contribution is 2.25. The third-order valence-electron chi connectivity index (χ3n) is 5.89. The molecule has 13 heteroatoms. The second kappa shape index (κ2) is 12.6. The SMILES string of the molecule is N=C(N)Nc1ccc(C(=O)Oc2ccc3cc(C(=O)N(CCC(=O)N=O)Cc4csc(C(=O)O)c4)ccc3c2)cc1. The molecule has 0 radical (unpaired) electrons. The van der Waals surface area contributed by atoms with Crippen molar-refractivity contribution >= 4 is 57.5 Å². The van der Waals surface area contributed by atoms with Crippen molar-refractivity contribution in [3.05, 3.63) is 98.6 Å². The molecule has 0 atom stereocenters. The van der Waals surface area contributed by atoms with Crippen LogP contribution >= 0.6 is 11.3 Å². The molecule has 41 heavy (non-hydrogen) atoms. The molecule has 3 aromatic carbocycles. The Labute approximate surface area is 236 Å². The van der Waals surface area contributed by atoms with Crippen molar-refractivity contribution in [2.75, 3.05) is 11.9 Å². The van der Waals surface area contributed by atoms with Crippen LogP contribution in [-0.2, 0) is 11.3 Å². The summed E-state index contributed by atoms with van der Waals surface area (Å²) in [5.41, 5.74) is 7.03. The molecule has 0 saturated heterocycles.